The van der Waals surface area contributed by atoms with Crippen molar-refractivity contribution >= 4 is 6.29 Å². The maximum atomic E-state index is 10.9. The number of carbonyl (C=O) groups excluding carboxylic acids is 1. The second-order valence-corrected chi connectivity index (χ2v) is 3.69. The Hall–Kier alpha value is -1.95. The number of carbonyl (C=O) groups is 1. The molecule has 1 aromatic carbocycles. The Morgan fingerprint density at radius 3 is 2.78 bits per heavy atom. The van der Waals surface area contributed by atoms with Crippen LogP contribution in [0.15, 0.2) is 18.2 Å². The third-order valence-electron chi connectivity index (χ3n) is 2.25. The van der Waals surface area contributed by atoms with Crippen molar-refractivity contribution in [2.45, 2.75) is 26.7 Å². The SMILES string of the molecule is CC#CCCOc1cc(OCCC)ccc1C=O. The summed E-state index contributed by atoms with van der Waals surface area (Å²) in [6, 6.07) is 5.23. The molecule has 0 saturated carbocycles. The molecule has 0 aliphatic rings. The topological polar surface area (TPSA) is 35.5 Å². The minimum atomic E-state index is 0.471. The molecule has 3 nitrogen and oxygen atoms in total. The molecule has 0 unspecified atom stereocenters. The van der Waals surface area contributed by atoms with E-state index < -0.39 is 0 Å². The second-order valence-electron chi connectivity index (χ2n) is 3.69. The van der Waals surface area contributed by atoms with Crippen molar-refractivity contribution in [3.63, 3.8) is 0 Å². The lowest BCUT2D eigenvalue weighted by atomic mass is 10.2. The molecule has 0 spiro atoms. The van der Waals surface area contributed by atoms with Crippen molar-refractivity contribution in [1.82, 2.24) is 0 Å². The Labute approximate surface area is 108 Å². The normalized spacial score (nSPS) is 9.22. The van der Waals surface area contributed by atoms with Crippen molar-refractivity contribution in [1.29, 1.82) is 0 Å². The average Bonchev–Trinajstić information content (AvgIpc) is 2.41. The van der Waals surface area contributed by atoms with Crippen LogP contribution in [0.25, 0.3) is 0 Å². The maximum Gasteiger partial charge on any atom is 0.153 e. The predicted molar refractivity (Wildman–Crippen MR) is 71.2 cm³/mol. The van der Waals surface area contributed by atoms with Crippen molar-refractivity contribution in [2.75, 3.05) is 13.2 Å². The summed E-state index contributed by atoms with van der Waals surface area (Å²) in [5.74, 6) is 6.98. The first kappa shape index (κ1) is 14.1. The number of ether oxygens (including phenoxy) is 2. The van der Waals surface area contributed by atoms with Crippen molar-refractivity contribution in [3.05, 3.63) is 23.8 Å². The first-order chi connectivity index (χ1) is 8.81. The molecule has 0 N–H and O–H groups in total. The van der Waals surface area contributed by atoms with Crippen LogP contribution >= 0.6 is 0 Å². The van der Waals surface area contributed by atoms with Gasteiger partial charge in [0, 0.05) is 12.5 Å². The Bertz CT molecular complexity index is 441. The van der Waals surface area contributed by atoms with Gasteiger partial charge < -0.3 is 9.47 Å². The summed E-state index contributed by atoms with van der Waals surface area (Å²) in [4.78, 5) is 10.9. The summed E-state index contributed by atoms with van der Waals surface area (Å²) in [6.07, 6.45) is 2.37. The maximum absolute atomic E-state index is 10.9. The lowest BCUT2D eigenvalue weighted by Crippen LogP contribution is -2.01. The highest BCUT2D eigenvalue weighted by atomic mass is 16.5. The molecule has 18 heavy (non-hydrogen) atoms. The fourth-order valence-electron chi connectivity index (χ4n) is 1.38. The standard InChI is InChI=1S/C15H18O3/c1-3-5-6-10-18-15-11-14(17-9-4-2)8-7-13(15)12-16/h7-8,11-12H,4,6,9-10H2,1-2H3. The molecular weight excluding hydrogens is 228 g/mol. The fourth-order valence-corrected chi connectivity index (χ4v) is 1.38. The van der Waals surface area contributed by atoms with Crippen LogP contribution in [0.5, 0.6) is 11.5 Å². The molecule has 0 aliphatic heterocycles. The quantitative estimate of drug-likeness (QED) is 0.421. The molecule has 0 radical (unpaired) electrons. The zero-order chi connectivity index (χ0) is 13.2. The van der Waals surface area contributed by atoms with E-state index in [4.69, 9.17) is 9.47 Å². The van der Waals surface area contributed by atoms with E-state index in [-0.39, 0.29) is 0 Å². The third-order valence-corrected chi connectivity index (χ3v) is 2.25. The average molecular weight is 246 g/mol. The molecule has 0 saturated heterocycles. The Kier molecular flexibility index (Phi) is 6.42. The van der Waals surface area contributed by atoms with Crippen LogP contribution in [0, 0.1) is 11.8 Å². The summed E-state index contributed by atoms with van der Waals surface area (Å²) in [6.45, 7) is 4.96. The fraction of sp³-hybridized carbons (Fsp3) is 0.400. The van der Waals surface area contributed by atoms with Gasteiger partial charge in [0.15, 0.2) is 6.29 Å². The highest BCUT2D eigenvalue weighted by Crippen LogP contribution is 2.24. The summed E-state index contributed by atoms with van der Waals surface area (Å²) in [5, 5.41) is 0. The monoisotopic (exact) mass is 246 g/mol. The van der Waals surface area contributed by atoms with Crippen molar-refractivity contribution in [2.24, 2.45) is 0 Å². The largest absolute Gasteiger partial charge is 0.493 e. The van der Waals surface area contributed by atoms with E-state index in [0.717, 1.165) is 18.5 Å². The van der Waals surface area contributed by atoms with Gasteiger partial charge in [0.25, 0.3) is 0 Å². The zero-order valence-corrected chi connectivity index (χ0v) is 10.9. The number of rotatable bonds is 7. The van der Waals surface area contributed by atoms with Crippen LogP contribution in [0.2, 0.25) is 0 Å². The van der Waals surface area contributed by atoms with Crippen LogP contribution in [-0.2, 0) is 0 Å². The first-order valence-corrected chi connectivity index (χ1v) is 6.06. The van der Waals surface area contributed by atoms with Gasteiger partial charge in [-0.2, -0.15) is 0 Å². The van der Waals surface area contributed by atoms with Crippen LogP contribution in [0.4, 0.5) is 0 Å². The van der Waals surface area contributed by atoms with Gasteiger partial charge in [0.2, 0.25) is 0 Å². The minimum absolute atomic E-state index is 0.471. The zero-order valence-electron chi connectivity index (χ0n) is 10.9. The Morgan fingerprint density at radius 1 is 1.28 bits per heavy atom. The number of benzene rings is 1. The van der Waals surface area contributed by atoms with Gasteiger partial charge >= 0.3 is 0 Å². The number of aldehydes is 1. The van der Waals surface area contributed by atoms with Gasteiger partial charge in [-0.15, -0.1) is 11.8 Å². The molecule has 0 aromatic heterocycles. The van der Waals surface area contributed by atoms with Gasteiger partial charge in [0.1, 0.15) is 11.5 Å². The third kappa shape index (κ3) is 4.50. The van der Waals surface area contributed by atoms with Crippen molar-refractivity contribution < 1.29 is 14.3 Å². The Morgan fingerprint density at radius 2 is 2.11 bits per heavy atom. The molecule has 0 bridgehead atoms. The molecule has 1 aromatic rings. The lowest BCUT2D eigenvalue weighted by molar-refractivity contribution is 0.111. The van der Waals surface area contributed by atoms with Crippen LogP contribution in [0.3, 0.4) is 0 Å². The van der Waals surface area contributed by atoms with E-state index in [1.165, 1.54) is 0 Å². The number of hydrogen-bond acceptors (Lipinski definition) is 3. The van der Waals surface area contributed by atoms with E-state index in [1.54, 1.807) is 25.1 Å². The van der Waals surface area contributed by atoms with E-state index in [9.17, 15) is 4.79 Å². The first-order valence-electron chi connectivity index (χ1n) is 6.06. The van der Waals surface area contributed by atoms with E-state index in [2.05, 4.69) is 11.8 Å². The summed E-state index contributed by atoms with van der Waals surface area (Å²) >= 11 is 0. The molecule has 1 rings (SSSR count). The van der Waals surface area contributed by atoms with Crippen LogP contribution in [-0.4, -0.2) is 19.5 Å². The van der Waals surface area contributed by atoms with Gasteiger partial charge in [-0.25, -0.2) is 0 Å². The molecule has 0 atom stereocenters. The second kappa shape index (κ2) is 8.19. The molecule has 0 heterocycles. The van der Waals surface area contributed by atoms with Crippen LogP contribution in [0.1, 0.15) is 37.0 Å². The highest BCUT2D eigenvalue weighted by molar-refractivity contribution is 5.79. The Balaban J connectivity index is 2.70. The lowest BCUT2D eigenvalue weighted by Gasteiger charge is -2.10. The summed E-state index contributed by atoms with van der Waals surface area (Å²) < 4.78 is 11.0. The molecule has 96 valence electrons. The van der Waals surface area contributed by atoms with E-state index in [0.29, 0.717) is 30.9 Å². The molecular formula is C15H18O3. The van der Waals surface area contributed by atoms with E-state index >= 15 is 0 Å². The van der Waals surface area contributed by atoms with Crippen LogP contribution < -0.4 is 9.47 Å². The molecule has 0 fully saturated rings. The molecule has 3 heteroatoms. The molecule has 0 amide bonds. The highest BCUT2D eigenvalue weighted by Gasteiger charge is 2.05. The minimum Gasteiger partial charge on any atom is -0.493 e. The van der Waals surface area contributed by atoms with Gasteiger partial charge in [0.05, 0.1) is 18.8 Å². The summed E-state index contributed by atoms with van der Waals surface area (Å²) in [5.41, 5.74) is 0.531. The van der Waals surface area contributed by atoms with Gasteiger partial charge in [-0.1, -0.05) is 6.92 Å². The predicted octanol–water partition coefficient (Wildman–Crippen LogP) is 3.08. The van der Waals surface area contributed by atoms with Gasteiger partial charge in [-0.05, 0) is 25.5 Å². The number of hydrogen-bond donors (Lipinski definition) is 0. The van der Waals surface area contributed by atoms with Crippen molar-refractivity contribution in [3.8, 4) is 23.3 Å². The summed E-state index contributed by atoms with van der Waals surface area (Å²) in [7, 11) is 0. The van der Waals surface area contributed by atoms with E-state index in [1.807, 2.05) is 6.92 Å². The molecule has 0 aliphatic carbocycles. The smallest absolute Gasteiger partial charge is 0.153 e. The van der Waals surface area contributed by atoms with Gasteiger partial charge in [-0.3, -0.25) is 4.79 Å².